The molecule has 1 aliphatic carbocycles. The summed E-state index contributed by atoms with van der Waals surface area (Å²) in [4.78, 5) is 12.3. The normalized spacial score (nSPS) is 19.0. The highest BCUT2D eigenvalue weighted by Gasteiger charge is 2.37. The lowest BCUT2D eigenvalue weighted by molar-refractivity contribution is -0.148. The van der Waals surface area contributed by atoms with Gasteiger partial charge in [0.05, 0.1) is 7.11 Å². The van der Waals surface area contributed by atoms with Crippen molar-refractivity contribution in [1.82, 2.24) is 0 Å². The average Bonchev–Trinajstić information content (AvgIpc) is 2.52. The molecule has 1 saturated carbocycles. The fourth-order valence-electron chi connectivity index (χ4n) is 3.38. The van der Waals surface area contributed by atoms with E-state index in [4.69, 9.17) is 10.5 Å². The molecule has 21 heavy (non-hydrogen) atoms. The van der Waals surface area contributed by atoms with Gasteiger partial charge in [0.25, 0.3) is 0 Å². The zero-order valence-corrected chi connectivity index (χ0v) is 13.2. The number of hydrogen-bond acceptors (Lipinski definition) is 3. The molecule has 4 heteroatoms. The van der Waals surface area contributed by atoms with Gasteiger partial charge in [-0.25, -0.2) is 4.79 Å². The van der Waals surface area contributed by atoms with Crippen molar-refractivity contribution in [3.8, 4) is 0 Å². The number of ether oxygens (including phenoxy) is 1. The van der Waals surface area contributed by atoms with Gasteiger partial charge >= 0.3 is 5.97 Å². The second-order valence-corrected chi connectivity index (χ2v) is 6.38. The smallest absolute Gasteiger partial charge is 0.330 e. The fraction of sp³-hybridized carbons (Fsp3) is 0.588. The molecule has 1 unspecified atom stereocenters. The fourth-order valence-corrected chi connectivity index (χ4v) is 3.38. The van der Waals surface area contributed by atoms with Gasteiger partial charge in [-0.2, -0.15) is 0 Å². The predicted octanol–water partition coefficient (Wildman–Crippen LogP) is 1.63. The van der Waals surface area contributed by atoms with Crippen molar-refractivity contribution in [2.45, 2.75) is 50.5 Å². The van der Waals surface area contributed by atoms with Gasteiger partial charge in [-0.05, 0) is 24.3 Å². The summed E-state index contributed by atoms with van der Waals surface area (Å²) in [6.07, 6.45) is 8.17. The maximum absolute atomic E-state index is 12.3. The molecule has 0 aliphatic heterocycles. The second-order valence-electron chi connectivity index (χ2n) is 6.38. The standard InChI is InChI=1S/C17H26BNO2/c1-21-16(20)17(19,14-8-5-9-15(18)12-14)11-10-13-6-3-2-4-7-13/h5,8-9,12-13H,2-4,6-7,10-11,18-19H2,1H3. The molecular formula is C17H26BNO2. The largest absolute Gasteiger partial charge is 0.467 e. The Labute approximate surface area is 128 Å². The minimum atomic E-state index is -1.02. The summed E-state index contributed by atoms with van der Waals surface area (Å²) < 4.78 is 4.99. The van der Waals surface area contributed by atoms with Crippen molar-refractivity contribution in [1.29, 1.82) is 0 Å². The Morgan fingerprint density at radius 2 is 2.10 bits per heavy atom. The van der Waals surface area contributed by atoms with E-state index in [1.165, 1.54) is 39.2 Å². The van der Waals surface area contributed by atoms with Crippen molar-refractivity contribution in [3.05, 3.63) is 29.8 Å². The number of carbonyl (C=O) groups excluding carboxylic acids is 1. The highest BCUT2D eigenvalue weighted by Crippen LogP contribution is 2.32. The van der Waals surface area contributed by atoms with E-state index in [-0.39, 0.29) is 5.97 Å². The molecule has 0 bridgehead atoms. The number of benzene rings is 1. The number of carbonyl (C=O) groups is 1. The molecule has 0 amide bonds. The van der Waals surface area contributed by atoms with Crippen LogP contribution in [0, 0.1) is 5.92 Å². The third-order valence-corrected chi connectivity index (χ3v) is 4.75. The predicted molar refractivity (Wildman–Crippen MR) is 88.3 cm³/mol. The summed E-state index contributed by atoms with van der Waals surface area (Å²) in [5.74, 6) is 0.375. The summed E-state index contributed by atoms with van der Waals surface area (Å²) in [7, 11) is 3.43. The molecule has 0 heterocycles. The Morgan fingerprint density at radius 3 is 2.71 bits per heavy atom. The number of rotatable bonds is 5. The molecule has 2 rings (SSSR count). The lowest BCUT2D eigenvalue weighted by atomic mass is 9.78. The molecule has 1 aromatic carbocycles. The first-order valence-electron chi connectivity index (χ1n) is 8.00. The van der Waals surface area contributed by atoms with Crippen molar-refractivity contribution < 1.29 is 9.53 Å². The van der Waals surface area contributed by atoms with Crippen molar-refractivity contribution in [3.63, 3.8) is 0 Å². The van der Waals surface area contributed by atoms with Gasteiger partial charge in [0.1, 0.15) is 13.4 Å². The Balaban J connectivity index is 2.14. The van der Waals surface area contributed by atoms with Crippen LogP contribution in [-0.4, -0.2) is 20.9 Å². The topological polar surface area (TPSA) is 52.3 Å². The van der Waals surface area contributed by atoms with Gasteiger partial charge in [-0.3, -0.25) is 0 Å². The highest BCUT2D eigenvalue weighted by molar-refractivity contribution is 6.32. The van der Waals surface area contributed by atoms with Crippen molar-refractivity contribution >= 4 is 19.3 Å². The first-order chi connectivity index (χ1) is 10.1. The van der Waals surface area contributed by atoms with Gasteiger partial charge in [0.15, 0.2) is 0 Å². The molecule has 0 radical (unpaired) electrons. The summed E-state index contributed by atoms with van der Waals surface area (Å²) in [5, 5.41) is 0. The molecule has 0 saturated heterocycles. The first kappa shape index (κ1) is 16.1. The molecule has 1 aliphatic rings. The lowest BCUT2D eigenvalue weighted by Crippen LogP contribution is -2.46. The quantitative estimate of drug-likeness (QED) is 0.661. The number of nitrogens with two attached hydrogens (primary N) is 1. The van der Waals surface area contributed by atoms with Gasteiger partial charge in [-0.1, -0.05) is 61.8 Å². The molecular weight excluding hydrogens is 261 g/mol. The van der Waals surface area contributed by atoms with E-state index in [9.17, 15) is 4.79 Å². The summed E-state index contributed by atoms with van der Waals surface area (Å²) in [5.41, 5.74) is 7.45. The van der Waals surface area contributed by atoms with E-state index in [1.54, 1.807) is 0 Å². The number of esters is 1. The molecule has 1 atom stereocenters. The summed E-state index contributed by atoms with van der Waals surface area (Å²) in [6.45, 7) is 0. The van der Waals surface area contributed by atoms with Gasteiger partial charge in [-0.15, -0.1) is 0 Å². The third-order valence-electron chi connectivity index (χ3n) is 4.75. The Hall–Kier alpha value is -1.29. The molecule has 1 aromatic rings. The van der Waals surface area contributed by atoms with E-state index < -0.39 is 5.54 Å². The zero-order valence-electron chi connectivity index (χ0n) is 13.2. The Bertz CT molecular complexity index is 485. The maximum Gasteiger partial charge on any atom is 0.330 e. The van der Waals surface area contributed by atoms with Crippen LogP contribution in [0.25, 0.3) is 0 Å². The zero-order chi connectivity index (χ0) is 15.3. The Morgan fingerprint density at radius 1 is 1.38 bits per heavy atom. The van der Waals surface area contributed by atoms with E-state index in [0.717, 1.165) is 17.4 Å². The summed E-state index contributed by atoms with van der Waals surface area (Å²) in [6, 6.07) is 7.90. The summed E-state index contributed by atoms with van der Waals surface area (Å²) >= 11 is 0. The van der Waals surface area contributed by atoms with Crippen LogP contribution in [0.1, 0.15) is 50.5 Å². The molecule has 0 aromatic heterocycles. The van der Waals surface area contributed by atoms with Crippen LogP contribution in [0.5, 0.6) is 0 Å². The van der Waals surface area contributed by atoms with Crippen LogP contribution < -0.4 is 11.2 Å². The van der Waals surface area contributed by atoms with Crippen molar-refractivity contribution in [2.75, 3.05) is 7.11 Å². The SMILES string of the molecule is Bc1cccc(C(N)(CCC2CCCCC2)C(=O)OC)c1. The van der Waals surface area contributed by atoms with Crippen LogP contribution in [0.15, 0.2) is 24.3 Å². The van der Waals surface area contributed by atoms with Gasteiger partial charge in [0.2, 0.25) is 0 Å². The molecule has 3 nitrogen and oxygen atoms in total. The average molecular weight is 287 g/mol. The van der Waals surface area contributed by atoms with Crippen LogP contribution in [-0.2, 0) is 15.1 Å². The molecule has 2 N–H and O–H groups in total. The van der Waals surface area contributed by atoms with E-state index in [2.05, 4.69) is 0 Å². The maximum atomic E-state index is 12.3. The molecule has 0 spiro atoms. The second kappa shape index (κ2) is 7.12. The molecule has 1 fully saturated rings. The van der Waals surface area contributed by atoms with E-state index in [1.807, 2.05) is 32.1 Å². The minimum absolute atomic E-state index is 0.330. The van der Waals surface area contributed by atoms with Crippen LogP contribution >= 0.6 is 0 Å². The van der Waals surface area contributed by atoms with E-state index in [0.29, 0.717) is 12.3 Å². The van der Waals surface area contributed by atoms with Gasteiger partial charge < -0.3 is 10.5 Å². The van der Waals surface area contributed by atoms with Crippen LogP contribution in [0.2, 0.25) is 0 Å². The first-order valence-corrected chi connectivity index (χ1v) is 8.00. The molecule has 114 valence electrons. The number of hydrogen-bond donors (Lipinski definition) is 1. The lowest BCUT2D eigenvalue weighted by Gasteiger charge is -2.30. The van der Waals surface area contributed by atoms with E-state index >= 15 is 0 Å². The number of methoxy groups -OCH3 is 1. The van der Waals surface area contributed by atoms with Crippen LogP contribution in [0.3, 0.4) is 0 Å². The van der Waals surface area contributed by atoms with Gasteiger partial charge in [0, 0.05) is 0 Å². The van der Waals surface area contributed by atoms with Crippen LogP contribution in [0.4, 0.5) is 0 Å². The van der Waals surface area contributed by atoms with Crippen molar-refractivity contribution in [2.24, 2.45) is 11.7 Å². The minimum Gasteiger partial charge on any atom is -0.467 e. The third kappa shape index (κ3) is 3.88. The Kier molecular flexibility index (Phi) is 5.46. The highest BCUT2D eigenvalue weighted by atomic mass is 16.5. The monoisotopic (exact) mass is 287 g/mol.